The van der Waals surface area contributed by atoms with Crippen LogP contribution in [0.3, 0.4) is 0 Å². The van der Waals surface area contributed by atoms with Gasteiger partial charge < -0.3 is 10.2 Å². The molecular formula is C16H13ClN4O. The molecule has 1 aliphatic heterocycles. The number of nitrogens with one attached hydrogen (secondary N) is 1. The third-order valence-electron chi connectivity index (χ3n) is 3.94. The quantitative estimate of drug-likeness (QED) is 0.751. The summed E-state index contributed by atoms with van der Waals surface area (Å²) in [6.07, 6.45) is 3.27. The van der Waals surface area contributed by atoms with Crippen LogP contribution < -0.4 is 5.32 Å². The second kappa shape index (κ2) is 4.74. The van der Waals surface area contributed by atoms with Crippen molar-refractivity contribution in [1.29, 1.82) is 0 Å². The van der Waals surface area contributed by atoms with Gasteiger partial charge in [0.05, 0.1) is 22.5 Å². The van der Waals surface area contributed by atoms with E-state index in [9.17, 15) is 4.79 Å². The smallest absolute Gasteiger partial charge is 0.257 e. The van der Waals surface area contributed by atoms with Crippen LogP contribution in [0, 0.1) is 0 Å². The molecule has 110 valence electrons. The van der Waals surface area contributed by atoms with E-state index in [-0.39, 0.29) is 12.1 Å². The Balaban J connectivity index is 1.85. The van der Waals surface area contributed by atoms with Gasteiger partial charge in [-0.15, -0.1) is 0 Å². The average Bonchev–Trinajstić information content (AvgIpc) is 2.94. The summed E-state index contributed by atoms with van der Waals surface area (Å²) < 4.78 is 1.90. The van der Waals surface area contributed by atoms with E-state index in [1.165, 1.54) is 0 Å². The molecule has 5 nitrogen and oxygen atoms in total. The first-order valence-corrected chi connectivity index (χ1v) is 7.28. The molecule has 1 N–H and O–H groups in total. The topological polar surface area (TPSA) is 49.6 Å². The molecule has 1 aliphatic rings. The van der Waals surface area contributed by atoms with Crippen LogP contribution in [0.5, 0.6) is 0 Å². The summed E-state index contributed by atoms with van der Waals surface area (Å²) in [7, 11) is 1.78. The van der Waals surface area contributed by atoms with Crippen LogP contribution in [0.4, 0.5) is 5.69 Å². The first kappa shape index (κ1) is 13.2. The van der Waals surface area contributed by atoms with Gasteiger partial charge in [-0.2, -0.15) is 0 Å². The predicted molar refractivity (Wildman–Crippen MR) is 85.1 cm³/mol. The number of rotatable bonds is 1. The zero-order chi connectivity index (χ0) is 15.3. The van der Waals surface area contributed by atoms with Crippen LogP contribution in [-0.2, 0) is 0 Å². The Morgan fingerprint density at radius 2 is 2.05 bits per heavy atom. The Morgan fingerprint density at radius 1 is 1.23 bits per heavy atom. The van der Waals surface area contributed by atoms with Crippen LogP contribution in [0.2, 0.25) is 5.02 Å². The molecule has 1 atom stereocenters. The summed E-state index contributed by atoms with van der Waals surface area (Å²) in [6, 6.07) is 11.1. The van der Waals surface area contributed by atoms with E-state index in [2.05, 4.69) is 10.3 Å². The maximum atomic E-state index is 12.6. The van der Waals surface area contributed by atoms with Crippen LogP contribution in [0.15, 0.2) is 48.8 Å². The largest absolute Gasteiger partial charge is 0.359 e. The second-order valence-electron chi connectivity index (χ2n) is 5.27. The Hall–Kier alpha value is -2.53. The zero-order valence-corrected chi connectivity index (χ0v) is 12.6. The van der Waals surface area contributed by atoms with E-state index in [1.54, 1.807) is 30.4 Å². The summed E-state index contributed by atoms with van der Waals surface area (Å²) in [5.74, 6) is -0.0173. The van der Waals surface area contributed by atoms with Crippen LogP contribution in [0.25, 0.3) is 5.65 Å². The molecule has 0 saturated heterocycles. The van der Waals surface area contributed by atoms with Gasteiger partial charge in [-0.05, 0) is 24.3 Å². The Kier molecular flexibility index (Phi) is 2.84. The minimum absolute atomic E-state index is 0.0173. The summed E-state index contributed by atoms with van der Waals surface area (Å²) in [6.45, 7) is 0. The van der Waals surface area contributed by atoms with Gasteiger partial charge in [-0.1, -0.05) is 23.7 Å². The third-order valence-corrected chi connectivity index (χ3v) is 4.16. The highest BCUT2D eigenvalue weighted by Gasteiger charge is 2.31. The zero-order valence-electron chi connectivity index (χ0n) is 11.8. The number of carbonyl (C=O) groups excluding carboxylic acids is 1. The Morgan fingerprint density at radius 3 is 2.91 bits per heavy atom. The molecule has 3 aromatic rings. The van der Waals surface area contributed by atoms with Crippen molar-refractivity contribution in [1.82, 2.24) is 14.3 Å². The number of pyridine rings is 1. The van der Waals surface area contributed by atoms with Crippen molar-refractivity contribution in [2.45, 2.75) is 6.17 Å². The first-order chi connectivity index (χ1) is 10.6. The number of aromatic nitrogens is 2. The second-order valence-corrected chi connectivity index (χ2v) is 5.70. The molecule has 0 bridgehead atoms. The van der Waals surface area contributed by atoms with Crippen LogP contribution >= 0.6 is 11.6 Å². The Bertz CT molecular complexity index is 889. The van der Waals surface area contributed by atoms with Crippen molar-refractivity contribution in [3.8, 4) is 0 Å². The minimum atomic E-state index is -0.295. The van der Waals surface area contributed by atoms with Gasteiger partial charge in [0, 0.05) is 18.9 Å². The minimum Gasteiger partial charge on any atom is -0.359 e. The number of imidazole rings is 1. The molecule has 4 rings (SSSR count). The van der Waals surface area contributed by atoms with Crippen molar-refractivity contribution >= 4 is 28.8 Å². The molecule has 0 spiro atoms. The van der Waals surface area contributed by atoms with E-state index in [0.717, 1.165) is 17.0 Å². The van der Waals surface area contributed by atoms with Gasteiger partial charge in [-0.3, -0.25) is 9.20 Å². The standard InChI is InChI=1S/C16H13ClN4O/c1-20-15(19-12-5-3-2-4-11(12)16(20)22)13-8-18-14-7-6-10(17)9-21(13)14/h2-9,15,19H,1H3/t15-/m1/s1. The predicted octanol–water partition coefficient (Wildman–Crippen LogP) is 3.18. The van der Waals surface area contributed by atoms with Crippen LogP contribution in [0.1, 0.15) is 22.2 Å². The number of para-hydroxylation sites is 1. The molecule has 2 aromatic heterocycles. The van der Waals surface area contributed by atoms with E-state index < -0.39 is 0 Å². The molecule has 0 fully saturated rings. The number of fused-ring (bicyclic) bond motifs is 2. The van der Waals surface area contributed by atoms with Gasteiger partial charge in [0.25, 0.3) is 5.91 Å². The van der Waals surface area contributed by atoms with Gasteiger partial charge in [-0.25, -0.2) is 4.98 Å². The van der Waals surface area contributed by atoms with Gasteiger partial charge in [0.15, 0.2) is 0 Å². The molecule has 0 saturated carbocycles. The van der Waals surface area contributed by atoms with Crippen molar-refractivity contribution in [2.24, 2.45) is 0 Å². The Labute approximate surface area is 132 Å². The lowest BCUT2D eigenvalue weighted by Gasteiger charge is -2.34. The summed E-state index contributed by atoms with van der Waals surface area (Å²) in [5, 5.41) is 4.01. The summed E-state index contributed by atoms with van der Waals surface area (Å²) >= 11 is 6.08. The van der Waals surface area contributed by atoms with Crippen molar-refractivity contribution in [3.63, 3.8) is 0 Å². The van der Waals surface area contributed by atoms with Crippen molar-refractivity contribution in [3.05, 3.63) is 65.1 Å². The molecule has 0 radical (unpaired) electrons. The fourth-order valence-electron chi connectivity index (χ4n) is 2.79. The molecule has 22 heavy (non-hydrogen) atoms. The molecule has 3 heterocycles. The number of anilines is 1. The number of hydrogen-bond acceptors (Lipinski definition) is 3. The molecule has 6 heteroatoms. The number of carbonyl (C=O) groups is 1. The van der Waals surface area contributed by atoms with Gasteiger partial charge in [0.1, 0.15) is 11.8 Å². The SMILES string of the molecule is CN1C(=O)c2ccccc2N[C@H]1c1cnc2ccc(Cl)cn12. The van der Waals surface area contributed by atoms with Crippen LogP contribution in [-0.4, -0.2) is 27.2 Å². The number of amides is 1. The van der Waals surface area contributed by atoms with Crippen molar-refractivity contribution in [2.75, 3.05) is 12.4 Å². The monoisotopic (exact) mass is 312 g/mol. The maximum absolute atomic E-state index is 12.6. The highest BCUT2D eigenvalue weighted by Crippen LogP contribution is 2.32. The molecule has 1 amide bonds. The van der Waals surface area contributed by atoms with E-state index in [1.807, 2.05) is 34.7 Å². The van der Waals surface area contributed by atoms with Crippen molar-refractivity contribution < 1.29 is 4.79 Å². The highest BCUT2D eigenvalue weighted by molar-refractivity contribution is 6.30. The number of halogens is 1. The van der Waals surface area contributed by atoms with E-state index in [4.69, 9.17) is 11.6 Å². The molecular weight excluding hydrogens is 300 g/mol. The number of nitrogens with zero attached hydrogens (tertiary/aromatic N) is 3. The summed E-state index contributed by atoms with van der Waals surface area (Å²) in [4.78, 5) is 18.6. The number of hydrogen-bond donors (Lipinski definition) is 1. The van der Waals surface area contributed by atoms with Gasteiger partial charge >= 0.3 is 0 Å². The average molecular weight is 313 g/mol. The number of benzene rings is 1. The maximum Gasteiger partial charge on any atom is 0.257 e. The lowest BCUT2D eigenvalue weighted by molar-refractivity contribution is 0.0732. The molecule has 0 aliphatic carbocycles. The molecule has 0 unspecified atom stereocenters. The van der Waals surface area contributed by atoms with Gasteiger partial charge in [0.2, 0.25) is 0 Å². The lowest BCUT2D eigenvalue weighted by atomic mass is 10.1. The summed E-state index contributed by atoms with van der Waals surface area (Å²) in [5.41, 5.74) is 3.16. The third kappa shape index (κ3) is 1.86. The first-order valence-electron chi connectivity index (χ1n) is 6.90. The normalized spacial score (nSPS) is 17.5. The van der Waals surface area contributed by atoms with E-state index >= 15 is 0 Å². The highest BCUT2D eigenvalue weighted by atomic mass is 35.5. The lowest BCUT2D eigenvalue weighted by Crippen LogP contribution is -2.40. The fourth-order valence-corrected chi connectivity index (χ4v) is 2.96. The van der Waals surface area contributed by atoms with E-state index in [0.29, 0.717) is 10.6 Å². The fraction of sp³-hybridized carbons (Fsp3) is 0.125. The molecule has 1 aromatic carbocycles.